The summed E-state index contributed by atoms with van der Waals surface area (Å²) in [6, 6.07) is 0.165. The highest BCUT2D eigenvalue weighted by Gasteiger charge is 2.24. The normalized spacial score (nSPS) is 20.4. The highest BCUT2D eigenvalue weighted by molar-refractivity contribution is 5.77. The van der Waals surface area contributed by atoms with E-state index in [9.17, 15) is 9.59 Å². The van der Waals surface area contributed by atoms with Crippen LogP contribution in [-0.4, -0.2) is 35.8 Å². The molecule has 1 unspecified atom stereocenters. The molecule has 2 amide bonds. The van der Waals surface area contributed by atoms with E-state index in [1.54, 1.807) is 11.8 Å². The first kappa shape index (κ1) is 12.0. The first-order valence-corrected chi connectivity index (χ1v) is 5.68. The van der Waals surface area contributed by atoms with Crippen molar-refractivity contribution in [2.24, 2.45) is 0 Å². The Hall–Kier alpha value is -1.06. The minimum absolute atomic E-state index is 0.0975. The third kappa shape index (κ3) is 3.90. The molecule has 0 spiro atoms. The van der Waals surface area contributed by atoms with Crippen LogP contribution in [0.4, 0.5) is 0 Å². The Kier molecular flexibility index (Phi) is 4.59. The van der Waals surface area contributed by atoms with Gasteiger partial charge in [-0.1, -0.05) is 13.3 Å². The van der Waals surface area contributed by atoms with Gasteiger partial charge >= 0.3 is 0 Å². The van der Waals surface area contributed by atoms with E-state index < -0.39 is 0 Å². The van der Waals surface area contributed by atoms with Gasteiger partial charge in [0.15, 0.2) is 0 Å². The molecule has 0 saturated carbocycles. The van der Waals surface area contributed by atoms with Gasteiger partial charge in [0.05, 0.1) is 0 Å². The fraction of sp³-hybridized carbons (Fsp3) is 0.818. The van der Waals surface area contributed by atoms with Crippen LogP contribution in [0.3, 0.4) is 0 Å². The van der Waals surface area contributed by atoms with Gasteiger partial charge in [0.2, 0.25) is 11.8 Å². The zero-order valence-electron chi connectivity index (χ0n) is 9.58. The number of rotatable bonds is 4. The number of nitrogens with zero attached hydrogens (tertiary/aromatic N) is 1. The summed E-state index contributed by atoms with van der Waals surface area (Å²) < 4.78 is 0. The second kappa shape index (κ2) is 5.73. The Labute approximate surface area is 91.0 Å². The van der Waals surface area contributed by atoms with Crippen LogP contribution in [0.5, 0.6) is 0 Å². The van der Waals surface area contributed by atoms with Crippen LogP contribution in [0, 0.1) is 0 Å². The first-order chi connectivity index (χ1) is 7.13. The Morgan fingerprint density at radius 1 is 1.47 bits per heavy atom. The molecule has 4 heteroatoms. The third-order valence-corrected chi connectivity index (χ3v) is 2.76. The molecule has 0 radical (unpaired) electrons. The lowest BCUT2D eigenvalue weighted by molar-refractivity contribution is -0.128. The second-order valence-corrected chi connectivity index (χ2v) is 4.12. The van der Waals surface area contributed by atoms with Crippen molar-refractivity contribution in [2.75, 3.05) is 13.1 Å². The van der Waals surface area contributed by atoms with Crippen molar-refractivity contribution in [3.05, 3.63) is 0 Å². The SMILES string of the molecule is CCCCC(=O)NC1CCN(C(C)=O)C1. The molecule has 0 bridgehead atoms. The molecular weight excluding hydrogens is 192 g/mol. The van der Waals surface area contributed by atoms with Crippen LogP contribution in [0.25, 0.3) is 0 Å². The standard InChI is InChI=1S/C11H20N2O2/c1-3-4-5-11(15)12-10-6-7-13(8-10)9(2)14/h10H,3-8H2,1-2H3,(H,12,15). The lowest BCUT2D eigenvalue weighted by atomic mass is 10.2. The van der Waals surface area contributed by atoms with Crippen molar-refractivity contribution in [1.82, 2.24) is 10.2 Å². The fourth-order valence-electron chi connectivity index (χ4n) is 1.80. The summed E-state index contributed by atoms with van der Waals surface area (Å²) in [4.78, 5) is 24.3. The minimum Gasteiger partial charge on any atom is -0.352 e. The van der Waals surface area contributed by atoms with Gasteiger partial charge in [-0.25, -0.2) is 0 Å². The van der Waals surface area contributed by atoms with Crippen LogP contribution >= 0.6 is 0 Å². The van der Waals surface area contributed by atoms with Crippen LogP contribution in [-0.2, 0) is 9.59 Å². The van der Waals surface area contributed by atoms with E-state index in [1.165, 1.54) is 0 Å². The molecule has 1 N–H and O–H groups in total. The predicted molar refractivity (Wildman–Crippen MR) is 58.3 cm³/mol. The van der Waals surface area contributed by atoms with E-state index in [0.717, 1.165) is 25.8 Å². The largest absolute Gasteiger partial charge is 0.352 e. The summed E-state index contributed by atoms with van der Waals surface area (Å²) in [6.07, 6.45) is 3.47. The fourth-order valence-corrected chi connectivity index (χ4v) is 1.80. The number of hydrogen-bond acceptors (Lipinski definition) is 2. The van der Waals surface area contributed by atoms with E-state index >= 15 is 0 Å². The van der Waals surface area contributed by atoms with Gasteiger partial charge in [0.1, 0.15) is 0 Å². The van der Waals surface area contributed by atoms with Crippen molar-refractivity contribution in [1.29, 1.82) is 0 Å². The molecule has 1 aliphatic rings. The molecule has 15 heavy (non-hydrogen) atoms. The van der Waals surface area contributed by atoms with Gasteiger partial charge in [0.25, 0.3) is 0 Å². The van der Waals surface area contributed by atoms with Crippen molar-refractivity contribution >= 4 is 11.8 Å². The lowest BCUT2D eigenvalue weighted by Crippen LogP contribution is -2.37. The lowest BCUT2D eigenvalue weighted by Gasteiger charge is -2.14. The molecule has 86 valence electrons. The number of nitrogens with one attached hydrogen (secondary N) is 1. The maximum Gasteiger partial charge on any atom is 0.220 e. The summed E-state index contributed by atoms with van der Waals surface area (Å²) in [5.74, 6) is 0.215. The molecule has 0 aromatic rings. The van der Waals surface area contributed by atoms with E-state index in [1.807, 2.05) is 0 Å². The van der Waals surface area contributed by atoms with Gasteiger partial charge in [0, 0.05) is 32.5 Å². The minimum atomic E-state index is 0.0975. The summed E-state index contributed by atoms with van der Waals surface area (Å²) >= 11 is 0. The molecule has 1 aliphatic heterocycles. The van der Waals surface area contributed by atoms with Gasteiger partial charge in [-0.3, -0.25) is 9.59 Å². The highest BCUT2D eigenvalue weighted by atomic mass is 16.2. The molecule has 1 atom stereocenters. The summed E-state index contributed by atoms with van der Waals surface area (Å²) in [7, 11) is 0. The van der Waals surface area contributed by atoms with Crippen LogP contribution in [0.1, 0.15) is 39.5 Å². The van der Waals surface area contributed by atoms with Crippen molar-refractivity contribution < 1.29 is 9.59 Å². The Morgan fingerprint density at radius 3 is 2.73 bits per heavy atom. The third-order valence-electron chi connectivity index (χ3n) is 2.76. The van der Waals surface area contributed by atoms with E-state index in [0.29, 0.717) is 13.0 Å². The second-order valence-electron chi connectivity index (χ2n) is 4.12. The summed E-state index contributed by atoms with van der Waals surface area (Å²) in [5.41, 5.74) is 0. The Balaban J connectivity index is 2.23. The molecule has 1 fully saturated rings. The maximum absolute atomic E-state index is 11.4. The quantitative estimate of drug-likeness (QED) is 0.753. The van der Waals surface area contributed by atoms with Crippen molar-refractivity contribution in [3.63, 3.8) is 0 Å². The van der Waals surface area contributed by atoms with E-state index in [4.69, 9.17) is 0 Å². The number of carbonyl (C=O) groups is 2. The Bertz CT molecular complexity index is 241. The molecule has 0 aromatic heterocycles. The number of unbranched alkanes of at least 4 members (excludes halogenated alkanes) is 1. The molecule has 1 saturated heterocycles. The predicted octanol–water partition coefficient (Wildman–Crippen LogP) is 0.914. The van der Waals surface area contributed by atoms with E-state index in [-0.39, 0.29) is 17.9 Å². The van der Waals surface area contributed by atoms with Crippen LogP contribution in [0.2, 0.25) is 0 Å². The first-order valence-electron chi connectivity index (χ1n) is 5.68. The Morgan fingerprint density at radius 2 is 2.20 bits per heavy atom. The van der Waals surface area contributed by atoms with E-state index in [2.05, 4.69) is 12.2 Å². The monoisotopic (exact) mass is 212 g/mol. The molecule has 1 rings (SSSR count). The van der Waals surface area contributed by atoms with Gasteiger partial charge < -0.3 is 10.2 Å². The summed E-state index contributed by atoms with van der Waals surface area (Å²) in [5, 5.41) is 2.97. The highest BCUT2D eigenvalue weighted by Crippen LogP contribution is 2.09. The number of hydrogen-bond donors (Lipinski definition) is 1. The van der Waals surface area contributed by atoms with Gasteiger partial charge in [-0.2, -0.15) is 0 Å². The number of likely N-dealkylation sites (tertiary alicyclic amines) is 1. The zero-order chi connectivity index (χ0) is 11.3. The van der Waals surface area contributed by atoms with Crippen molar-refractivity contribution in [2.45, 2.75) is 45.6 Å². The topological polar surface area (TPSA) is 49.4 Å². The molecule has 4 nitrogen and oxygen atoms in total. The molecule has 1 heterocycles. The molecule has 0 aliphatic carbocycles. The zero-order valence-corrected chi connectivity index (χ0v) is 9.58. The average molecular weight is 212 g/mol. The summed E-state index contributed by atoms with van der Waals surface area (Å²) in [6.45, 7) is 5.09. The average Bonchev–Trinajstić information content (AvgIpc) is 2.63. The van der Waals surface area contributed by atoms with Crippen molar-refractivity contribution in [3.8, 4) is 0 Å². The smallest absolute Gasteiger partial charge is 0.220 e. The van der Waals surface area contributed by atoms with Crippen LogP contribution < -0.4 is 5.32 Å². The molecular formula is C11H20N2O2. The number of carbonyl (C=O) groups excluding carboxylic acids is 2. The maximum atomic E-state index is 11.4. The van der Waals surface area contributed by atoms with Gasteiger partial charge in [-0.15, -0.1) is 0 Å². The number of amides is 2. The molecule has 0 aromatic carbocycles. The van der Waals surface area contributed by atoms with Gasteiger partial charge in [-0.05, 0) is 12.8 Å². The van der Waals surface area contributed by atoms with Crippen LogP contribution in [0.15, 0.2) is 0 Å².